The highest BCUT2D eigenvalue weighted by molar-refractivity contribution is 9.10. The first-order valence-corrected chi connectivity index (χ1v) is 8.26. The molecule has 2 aromatic heterocycles. The highest BCUT2D eigenvalue weighted by atomic mass is 79.9. The molecular formula is C17H13BrN6O2. The number of aromatic carboxylic acids is 1. The number of rotatable bonds is 4. The van der Waals surface area contributed by atoms with Crippen LogP contribution in [0, 0.1) is 10.8 Å². The van der Waals surface area contributed by atoms with E-state index in [0.29, 0.717) is 5.82 Å². The monoisotopic (exact) mass is 412 g/mol. The quantitative estimate of drug-likeness (QED) is 0.447. The summed E-state index contributed by atoms with van der Waals surface area (Å²) in [6.07, 6.45) is 3.48. The zero-order valence-electron chi connectivity index (χ0n) is 13.3. The maximum atomic E-state index is 11.0. The average molecular weight is 413 g/mol. The van der Waals surface area contributed by atoms with Gasteiger partial charge in [0.1, 0.15) is 11.3 Å². The molecule has 0 spiro atoms. The van der Waals surface area contributed by atoms with Crippen LogP contribution in [0.1, 0.15) is 16.1 Å². The third-order valence-electron chi connectivity index (χ3n) is 3.49. The van der Waals surface area contributed by atoms with E-state index in [0.717, 1.165) is 20.3 Å². The minimum absolute atomic E-state index is 0.00743. The molecule has 1 aromatic carbocycles. The number of hydrogen-bond acceptors (Lipinski definition) is 6. The summed E-state index contributed by atoms with van der Waals surface area (Å²) in [5, 5.41) is 28.9. The second kappa shape index (κ2) is 7.36. The van der Waals surface area contributed by atoms with E-state index in [4.69, 9.17) is 15.9 Å². The molecule has 8 nitrogen and oxygen atoms in total. The van der Waals surface area contributed by atoms with E-state index in [9.17, 15) is 4.79 Å². The lowest BCUT2D eigenvalue weighted by Crippen LogP contribution is -2.31. The van der Waals surface area contributed by atoms with Crippen LogP contribution in [-0.4, -0.2) is 36.7 Å². The topological polar surface area (TPSA) is 129 Å². The third kappa shape index (κ3) is 3.89. The van der Waals surface area contributed by atoms with Gasteiger partial charge in [-0.3, -0.25) is 10.8 Å². The van der Waals surface area contributed by atoms with Crippen LogP contribution < -0.4 is 5.49 Å². The molecule has 0 aliphatic carbocycles. The van der Waals surface area contributed by atoms with Gasteiger partial charge in [0.25, 0.3) is 0 Å². The van der Waals surface area contributed by atoms with Crippen LogP contribution >= 0.6 is 15.9 Å². The molecule has 3 N–H and O–H groups in total. The molecule has 3 rings (SSSR count). The lowest BCUT2D eigenvalue weighted by molar-refractivity contribution is 0.0688. The molecule has 0 aliphatic rings. The number of halogens is 1. The van der Waals surface area contributed by atoms with Crippen LogP contribution in [0.5, 0.6) is 0 Å². The number of aromatic nitrogens is 4. The Morgan fingerprint density at radius 1 is 1.19 bits per heavy atom. The summed E-state index contributed by atoms with van der Waals surface area (Å²) >= 11 is 3.29. The predicted molar refractivity (Wildman–Crippen MR) is 97.0 cm³/mol. The van der Waals surface area contributed by atoms with Crippen molar-refractivity contribution in [2.45, 2.75) is 6.42 Å². The molecule has 26 heavy (non-hydrogen) atoms. The van der Waals surface area contributed by atoms with Crippen molar-refractivity contribution in [2.75, 3.05) is 0 Å². The molecule has 0 aliphatic heterocycles. The lowest BCUT2D eigenvalue weighted by atomic mass is 10.1. The summed E-state index contributed by atoms with van der Waals surface area (Å²) in [5.41, 5.74) is 1.31. The second-order valence-electron chi connectivity index (χ2n) is 5.37. The summed E-state index contributed by atoms with van der Waals surface area (Å²) in [6, 6.07) is 9.92. The first-order chi connectivity index (χ1) is 12.4. The van der Waals surface area contributed by atoms with Crippen molar-refractivity contribution < 1.29 is 9.90 Å². The fraction of sp³-hybridized carbons (Fsp3) is 0.0588. The van der Waals surface area contributed by atoms with Crippen molar-refractivity contribution in [1.29, 1.82) is 10.8 Å². The molecule has 0 amide bonds. The van der Waals surface area contributed by atoms with Crippen molar-refractivity contribution >= 4 is 27.7 Å². The van der Waals surface area contributed by atoms with Crippen molar-refractivity contribution in [2.24, 2.45) is 0 Å². The van der Waals surface area contributed by atoms with Crippen LogP contribution in [0.3, 0.4) is 0 Å². The highest BCUT2D eigenvalue weighted by Crippen LogP contribution is 2.18. The number of carboxylic acid groups (broad SMARTS) is 1. The minimum atomic E-state index is -1.21. The van der Waals surface area contributed by atoms with Crippen LogP contribution in [0.25, 0.3) is 11.4 Å². The molecule has 130 valence electrons. The van der Waals surface area contributed by atoms with Gasteiger partial charge in [0.05, 0.1) is 4.47 Å². The fourth-order valence-electron chi connectivity index (χ4n) is 2.29. The lowest BCUT2D eigenvalue weighted by Gasteiger charge is -2.09. The van der Waals surface area contributed by atoms with Gasteiger partial charge in [0.15, 0.2) is 11.5 Å². The Balaban J connectivity index is 1.88. The minimum Gasteiger partial charge on any atom is -0.476 e. The zero-order chi connectivity index (χ0) is 18.7. The summed E-state index contributed by atoms with van der Waals surface area (Å²) in [4.78, 5) is 19.5. The van der Waals surface area contributed by atoms with E-state index in [2.05, 4.69) is 31.0 Å². The Kier molecular flexibility index (Phi) is 4.99. The molecule has 0 saturated heterocycles. The SMILES string of the molecule is N=C(Cc1cccc(-c2ncc(Br)cn2)c1)n1nc(C(=O)O)ccc1=N. The number of benzene rings is 1. The third-order valence-corrected chi connectivity index (χ3v) is 3.90. The highest BCUT2D eigenvalue weighted by Gasteiger charge is 2.10. The van der Waals surface area contributed by atoms with Crippen molar-refractivity contribution in [1.82, 2.24) is 19.7 Å². The van der Waals surface area contributed by atoms with Gasteiger partial charge < -0.3 is 5.11 Å². The summed E-state index contributed by atoms with van der Waals surface area (Å²) in [7, 11) is 0. The number of nitrogens with one attached hydrogen (secondary N) is 2. The number of carboxylic acids is 1. The van der Waals surface area contributed by atoms with Gasteiger partial charge in [-0.1, -0.05) is 18.2 Å². The first-order valence-electron chi connectivity index (χ1n) is 7.47. The largest absolute Gasteiger partial charge is 0.476 e. The normalized spacial score (nSPS) is 10.5. The van der Waals surface area contributed by atoms with E-state index in [-0.39, 0.29) is 23.4 Å². The molecule has 2 heterocycles. The van der Waals surface area contributed by atoms with E-state index >= 15 is 0 Å². The van der Waals surface area contributed by atoms with E-state index in [1.807, 2.05) is 24.3 Å². The van der Waals surface area contributed by atoms with Gasteiger partial charge in [0.2, 0.25) is 0 Å². The zero-order valence-corrected chi connectivity index (χ0v) is 14.9. The predicted octanol–water partition coefficient (Wildman–Crippen LogP) is 2.35. The fourth-order valence-corrected chi connectivity index (χ4v) is 2.50. The van der Waals surface area contributed by atoms with Crippen LogP contribution in [0.15, 0.2) is 53.3 Å². The maximum Gasteiger partial charge on any atom is 0.356 e. The molecule has 0 saturated carbocycles. The molecule has 9 heteroatoms. The van der Waals surface area contributed by atoms with E-state index in [1.54, 1.807) is 12.4 Å². The van der Waals surface area contributed by atoms with Gasteiger partial charge in [-0.2, -0.15) is 5.10 Å². The van der Waals surface area contributed by atoms with Crippen molar-refractivity contribution in [3.8, 4) is 11.4 Å². The van der Waals surface area contributed by atoms with Crippen LogP contribution in [0.4, 0.5) is 0 Å². The van der Waals surface area contributed by atoms with Gasteiger partial charge in [-0.15, -0.1) is 0 Å². The number of carbonyl (C=O) groups is 1. The second-order valence-corrected chi connectivity index (χ2v) is 6.29. The summed E-state index contributed by atoms with van der Waals surface area (Å²) in [6.45, 7) is 0. The molecule has 0 fully saturated rings. The Morgan fingerprint density at radius 2 is 1.92 bits per heavy atom. The van der Waals surface area contributed by atoms with Gasteiger partial charge in [-0.25, -0.2) is 19.4 Å². The maximum absolute atomic E-state index is 11.0. The van der Waals surface area contributed by atoms with Crippen molar-refractivity contribution in [3.05, 3.63) is 70.0 Å². The summed E-state index contributed by atoms with van der Waals surface area (Å²) in [5.74, 6) is -0.658. The Morgan fingerprint density at radius 3 is 2.62 bits per heavy atom. The Labute approximate surface area is 156 Å². The molecular weight excluding hydrogens is 400 g/mol. The number of nitrogens with zero attached hydrogens (tertiary/aromatic N) is 4. The average Bonchev–Trinajstić information content (AvgIpc) is 2.62. The standard InChI is InChI=1S/C17H13BrN6O2/c18-12-8-21-16(22-9-12)11-3-1-2-10(6-11)7-15(20)24-14(19)5-4-13(23-24)17(25)26/h1-6,8-9,19-20H,7H2,(H,25,26). The van der Waals surface area contributed by atoms with Gasteiger partial charge in [-0.05, 0) is 39.7 Å². The molecule has 0 radical (unpaired) electrons. The Hall–Kier alpha value is -3.20. The smallest absolute Gasteiger partial charge is 0.356 e. The van der Waals surface area contributed by atoms with E-state index in [1.165, 1.54) is 12.1 Å². The van der Waals surface area contributed by atoms with Gasteiger partial charge >= 0.3 is 5.97 Å². The molecule has 0 bridgehead atoms. The molecule has 3 aromatic rings. The summed E-state index contributed by atoms with van der Waals surface area (Å²) < 4.78 is 1.79. The van der Waals surface area contributed by atoms with Crippen LogP contribution in [-0.2, 0) is 6.42 Å². The number of hydrogen-bond donors (Lipinski definition) is 3. The molecule has 0 unspecified atom stereocenters. The van der Waals surface area contributed by atoms with E-state index < -0.39 is 5.97 Å². The van der Waals surface area contributed by atoms with Crippen molar-refractivity contribution in [3.63, 3.8) is 0 Å². The first kappa shape index (κ1) is 17.6. The van der Waals surface area contributed by atoms with Gasteiger partial charge in [0, 0.05) is 24.4 Å². The Bertz CT molecular complexity index is 1050. The van der Waals surface area contributed by atoms with Crippen LogP contribution in [0.2, 0.25) is 0 Å². The molecule has 0 atom stereocenters.